The number of ether oxygens (including phenoxy) is 1. The second-order valence-electron chi connectivity index (χ2n) is 7.61. The number of carbonyl (C=O) groups is 2. The van der Waals surface area contributed by atoms with Gasteiger partial charge in [0.15, 0.2) is 12.4 Å². The van der Waals surface area contributed by atoms with Gasteiger partial charge in [0, 0.05) is 24.7 Å². The molecule has 0 radical (unpaired) electrons. The van der Waals surface area contributed by atoms with Crippen molar-refractivity contribution in [3.05, 3.63) is 29.8 Å². The van der Waals surface area contributed by atoms with Gasteiger partial charge in [-0.25, -0.2) is 0 Å². The molecule has 1 atom stereocenters. The first kappa shape index (κ1) is 18.9. The normalized spacial score (nSPS) is 21.5. The molecule has 1 aromatic carbocycles. The Morgan fingerprint density at radius 2 is 1.85 bits per heavy atom. The third-order valence-corrected chi connectivity index (χ3v) is 5.63. The molecule has 1 unspecified atom stereocenters. The Labute approximate surface area is 156 Å². The van der Waals surface area contributed by atoms with Crippen LogP contribution in [0.4, 0.5) is 0 Å². The minimum Gasteiger partial charge on any atom is -0.484 e. The summed E-state index contributed by atoms with van der Waals surface area (Å²) in [6.45, 7) is 4.55. The topological polar surface area (TPSA) is 58.6 Å². The third-order valence-electron chi connectivity index (χ3n) is 5.63. The van der Waals surface area contributed by atoms with Crippen LogP contribution in [0.1, 0.15) is 55.8 Å². The van der Waals surface area contributed by atoms with Gasteiger partial charge in [-0.05, 0) is 62.9 Å². The molecule has 2 fully saturated rings. The Morgan fingerprint density at radius 3 is 2.54 bits per heavy atom. The van der Waals surface area contributed by atoms with E-state index in [-0.39, 0.29) is 18.3 Å². The lowest BCUT2D eigenvalue weighted by atomic mass is 9.94. The summed E-state index contributed by atoms with van der Waals surface area (Å²) in [4.78, 5) is 25.9. The lowest BCUT2D eigenvalue weighted by molar-refractivity contribution is -0.123. The van der Waals surface area contributed by atoms with Crippen molar-refractivity contribution >= 4 is 11.7 Å². The molecule has 1 aromatic rings. The summed E-state index contributed by atoms with van der Waals surface area (Å²) >= 11 is 0. The van der Waals surface area contributed by atoms with Crippen LogP contribution < -0.4 is 10.1 Å². The Bertz CT molecular complexity index is 608. The summed E-state index contributed by atoms with van der Waals surface area (Å²) in [5.41, 5.74) is 0.644. The van der Waals surface area contributed by atoms with E-state index in [4.69, 9.17) is 4.74 Å². The van der Waals surface area contributed by atoms with Crippen molar-refractivity contribution in [2.45, 2.75) is 51.5 Å². The first-order valence-electron chi connectivity index (χ1n) is 9.86. The zero-order chi connectivity index (χ0) is 18.4. The van der Waals surface area contributed by atoms with Gasteiger partial charge >= 0.3 is 0 Å². The van der Waals surface area contributed by atoms with E-state index in [0.717, 1.165) is 19.1 Å². The molecule has 3 rings (SSSR count). The first-order valence-corrected chi connectivity index (χ1v) is 9.86. The average Bonchev–Trinajstić information content (AvgIpc) is 3.15. The molecule has 1 aliphatic heterocycles. The maximum absolute atomic E-state index is 12.0. The van der Waals surface area contributed by atoms with Gasteiger partial charge in [0.05, 0.1) is 0 Å². The average molecular weight is 358 g/mol. The van der Waals surface area contributed by atoms with Crippen LogP contribution >= 0.6 is 0 Å². The van der Waals surface area contributed by atoms with Crippen molar-refractivity contribution < 1.29 is 14.3 Å². The summed E-state index contributed by atoms with van der Waals surface area (Å²) in [5, 5.41) is 3.00. The molecular weight excluding hydrogens is 328 g/mol. The molecule has 1 aliphatic carbocycles. The Hall–Kier alpha value is -1.88. The van der Waals surface area contributed by atoms with E-state index >= 15 is 0 Å². The summed E-state index contributed by atoms with van der Waals surface area (Å²) in [6.07, 6.45) is 7.98. The second kappa shape index (κ2) is 9.17. The van der Waals surface area contributed by atoms with Crippen LogP contribution in [0.25, 0.3) is 0 Å². The molecule has 2 aliphatic rings. The molecule has 0 aromatic heterocycles. The fourth-order valence-corrected chi connectivity index (χ4v) is 4.05. The molecule has 5 nitrogen and oxygen atoms in total. The van der Waals surface area contributed by atoms with Gasteiger partial charge in [-0.2, -0.15) is 0 Å². The maximum atomic E-state index is 12.0. The molecule has 1 heterocycles. The quantitative estimate of drug-likeness (QED) is 0.761. The van der Waals surface area contributed by atoms with Gasteiger partial charge in [0.25, 0.3) is 5.91 Å². The van der Waals surface area contributed by atoms with Crippen LogP contribution in [-0.4, -0.2) is 48.9 Å². The highest BCUT2D eigenvalue weighted by atomic mass is 16.5. The number of amides is 1. The number of rotatable bonds is 7. The summed E-state index contributed by atoms with van der Waals surface area (Å²) in [7, 11) is 0. The first-order chi connectivity index (χ1) is 12.6. The highest BCUT2D eigenvalue weighted by Crippen LogP contribution is 2.27. The predicted molar refractivity (Wildman–Crippen MR) is 102 cm³/mol. The van der Waals surface area contributed by atoms with E-state index < -0.39 is 0 Å². The Kier molecular flexibility index (Phi) is 6.67. The summed E-state index contributed by atoms with van der Waals surface area (Å²) in [5.74, 6) is 1.09. The van der Waals surface area contributed by atoms with E-state index in [1.165, 1.54) is 52.0 Å². The van der Waals surface area contributed by atoms with Crippen LogP contribution in [0.3, 0.4) is 0 Å². The van der Waals surface area contributed by atoms with Crippen molar-refractivity contribution in [1.29, 1.82) is 0 Å². The van der Waals surface area contributed by atoms with Crippen molar-refractivity contribution in [2.24, 2.45) is 5.92 Å². The highest BCUT2D eigenvalue weighted by molar-refractivity contribution is 5.94. The maximum Gasteiger partial charge on any atom is 0.257 e. The molecule has 26 heavy (non-hydrogen) atoms. The zero-order valence-corrected chi connectivity index (χ0v) is 15.7. The standard InChI is InChI=1S/C21H30N2O3/c1-16(24)18-7-9-20(10-8-18)26-15-21(25)22-13-17-11-12-23(14-17)19-5-3-2-4-6-19/h7-10,17,19H,2-6,11-15H2,1H3,(H,22,25). The van der Waals surface area contributed by atoms with Crippen LogP contribution in [0.5, 0.6) is 5.75 Å². The fraction of sp³-hybridized carbons (Fsp3) is 0.619. The number of hydrogen-bond acceptors (Lipinski definition) is 4. The second-order valence-corrected chi connectivity index (χ2v) is 7.61. The van der Waals surface area contributed by atoms with Crippen molar-refractivity contribution in [2.75, 3.05) is 26.2 Å². The number of benzene rings is 1. The van der Waals surface area contributed by atoms with Gasteiger partial charge < -0.3 is 15.0 Å². The Balaban J connectivity index is 1.34. The molecule has 1 amide bonds. The molecule has 1 N–H and O–H groups in total. The van der Waals surface area contributed by atoms with E-state index in [9.17, 15) is 9.59 Å². The van der Waals surface area contributed by atoms with E-state index in [2.05, 4.69) is 10.2 Å². The van der Waals surface area contributed by atoms with Crippen molar-refractivity contribution in [3.63, 3.8) is 0 Å². The monoisotopic (exact) mass is 358 g/mol. The van der Waals surface area contributed by atoms with Gasteiger partial charge in [-0.15, -0.1) is 0 Å². The van der Waals surface area contributed by atoms with E-state index in [1.807, 2.05) is 0 Å². The number of carbonyl (C=O) groups excluding carboxylic acids is 2. The zero-order valence-electron chi connectivity index (χ0n) is 15.7. The molecular formula is C21H30N2O3. The van der Waals surface area contributed by atoms with Crippen LogP contribution in [0, 0.1) is 5.92 Å². The molecule has 1 saturated heterocycles. The van der Waals surface area contributed by atoms with Gasteiger partial charge in [-0.3, -0.25) is 9.59 Å². The third kappa shape index (κ3) is 5.31. The van der Waals surface area contributed by atoms with Crippen LogP contribution in [0.15, 0.2) is 24.3 Å². The predicted octanol–water partition coefficient (Wildman–Crippen LogP) is 3.04. The number of likely N-dealkylation sites (tertiary alicyclic amines) is 1. The van der Waals surface area contributed by atoms with Crippen LogP contribution in [-0.2, 0) is 4.79 Å². The fourth-order valence-electron chi connectivity index (χ4n) is 4.05. The minimum atomic E-state index is -0.0863. The number of ketones is 1. The summed E-state index contributed by atoms with van der Waals surface area (Å²) in [6, 6.07) is 7.65. The van der Waals surface area contributed by atoms with E-state index in [0.29, 0.717) is 17.2 Å². The lowest BCUT2D eigenvalue weighted by Gasteiger charge is -2.31. The SMILES string of the molecule is CC(=O)c1ccc(OCC(=O)NCC2CCN(C3CCCCC3)C2)cc1. The number of nitrogens with one attached hydrogen (secondary N) is 1. The van der Waals surface area contributed by atoms with Crippen molar-refractivity contribution in [3.8, 4) is 5.75 Å². The smallest absolute Gasteiger partial charge is 0.257 e. The van der Waals surface area contributed by atoms with Gasteiger partial charge in [0.1, 0.15) is 5.75 Å². The van der Waals surface area contributed by atoms with Gasteiger partial charge in [0.2, 0.25) is 0 Å². The number of hydrogen-bond donors (Lipinski definition) is 1. The Morgan fingerprint density at radius 1 is 1.12 bits per heavy atom. The molecule has 0 spiro atoms. The van der Waals surface area contributed by atoms with Crippen molar-refractivity contribution in [1.82, 2.24) is 10.2 Å². The molecule has 1 saturated carbocycles. The van der Waals surface area contributed by atoms with Gasteiger partial charge in [-0.1, -0.05) is 19.3 Å². The lowest BCUT2D eigenvalue weighted by Crippen LogP contribution is -2.37. The van der Waals surface area contributed by atoms with Crippen LogP contribution in [0.2, 0.25) is 0 Å². The minimum absolute atomic E-state index is 0.0124. The highest BCUT2D eigenvalue weighted by Gasteiger charge is 2.29. The number of nitrogens with zero attached hydrogens (tertiary/aromatic N) is 1. The molecule has 5 heteroatoms. The largest absolute Gasteiger partial charge is 0.484 e. The molecule has 142 valence electrons. The summed E-state index contributed by atoms with van der Waals surface area (Å²) < 4.78 is 5.50. The van der Waals surface area contributed by atoms with E-state index in [1.54, 1.807) is 24.3 Å². The number of Topliss-reactive ketones (excluding diaryl/α,β-unsaturated/α-hetero) is 1. The molecule has 0 bridgehead atoms.